The smallest absolute Gasteiger partial charge is 0.433 e. The Morgan fingerprint density at radius 3 is 2.58 bits per heavy atom. The van der Waals surface area contributed by atoms with Crippen molar-refractivity contribution in [2.24, 2.45) is 0 Å². The average molecular weight is 261 g/mol. The molecule has 2 aromatic rings. The van der Waals surface area contributed by atoms with Crippen LogP contribution in [-0.4, -0.2) is 17.8 Å². The Bertz CT molecular complexity index is 644. The molecule has 0 atom stereocenters. The molecule has 19 heavy (non-hydrogen) atoms. The van der Waals surface area contributed by atoms with Gasteiger partial charge in [0.05, 0.1) is 13.2 Å². The molecule has 0 N–H and O–H groups in total. The lowest BCUT2D eigenvalue weighted by atomic mass is 10.1. The van der Waals surface area contributed by atoms with Crippen molar-refractivity contribution < 1.29 is 18.9 Å². The lowest BCUT2D eigenvalue weighted by Crippen LogP contribution is -2.00. The van der Waals surface area contributed by atoms with Gasteiger partial charge in [-0.2, -0.15) is 0 Å². The first-order chi connectivity index (χ1) is 9.02. The SMILES string of the molecule is COc1ccc(C(=O)c2ccc([N+](=O)[O-])o2)cc1C. The number of hydrogen-bond donors (Lipinski definition) is 0. The summed E-state index contributed by atoms with van der Waals surface area (Å²) >= 11 is 0. The number of furan rings is 1. The number of aryl methyl sites for hydroxylation is 1. The van der Waals surface area contributed by atoms with Crippen LogP contribution in [0.5, 0.6) is 5.75 Å². The minimum atomic E-state index is -0.684. The monoisotopic (exact) mass is 261 g/mol. The molecule has 0 radical (unpaired) electrons. The van der Waals surface area contributed by atoms with Gasteiger partial charge < -0.3 is 9.15 Å². The second kappa shape index (κ2) is 4.93. The summed E-state index contributed by atoms with van der Waals surface area (Å²) in [6.07, 6.45) is 0. The predicted molar refractivity (Wildman–Crippen MR) is 66.5 cm³/mol. The van der Waals surface area contributed by atoms with Crippen molar-refractivity contribution in [1.29, 1.82) is 0 Å². The van der Waals surface area contributed by atoms with Crippen molar-refractivity contribution in [2.45, 2.75) is 6.92 Å². The van der Waals surface area contributed by atoms with Gasteiger partial charge in [0.25, 0.3) is 0 Å². The van der Waals surface area contributed by atoms with Crippen molar-refractivity contribution in [3.8, 4) is 5.75 Å². The molecular weight excluding hydrogens is 250 g/mol. The summed E-state index contributed by atoms with van der Waals surface area (Å²) < 4.78 is 9.97. The van der Waals surface area contributed by atoms with Crippen molar-refractivity contribution in [1.82, 2.24) is 0 Å². The first kappa shape index (κ1) is 12.8. The zero-order chi connectivity index (χ0) is 14.0. The van der Waals surface area contributed by atoms with Crippen LogP contribution < -0.4 is 4.74 Å². The number of hydrogen-bond acceptors (Lipinski definition) is 5. The molecule has 98 valence electrons. The molecule has 1 heterocycles. The Balaban J connectivity index is 2.33. The molecule has 0 bridgehead atoms. The minimum absolute atomic E-state index is 0.0590. The summed E-state index contributed by atoms with van der Waals surface area (Å²) in [5.41, 5.74) is 1.19. The number of nitro groups is 1. The fourth-order valence-corrected chi connectivity index (χ4v) is 1.71. The molecule has 0 saturated carbocycles. The number of methoxy groups -OCH3 is 1. The normalized spacial score (nSPS) is 10.2. The van der Waals surface area contributed by atoms with E-state index in [0.29, 0.717) is 11.3 Å². The van der Waals surface area contributed by atoms with Gasteiger partial charge in [0.1, 0.15) is 10.7 Å². The summed E-state index contributed by atoms with van der Waals surface area (Å²) in [5, 5.41) is 10.5. The zero-order valence-corrected chi connectivity index (χ0v) is 10.4. The van der Waals surface area contributed by atoms with Gasteiger partial charge in [0.15, 0.2) is 5.76 Å². The molecule has 0 fully saturated rings. The van der Waals surface area contributed by atoms with Crippen LogP contribution >= 0.6 is 0 Å². The van der Waals surface area contributed by atoms with E-state index < -0.39 is 16.6 Å². The van der Waals surface area contributed by atoms with Gasteiger partial charge in [0.2, 0.25) is 5.78 Å². The molecule has 0 aliphatic heterocycles. The van der Waals surface area contributed by atoms with Crippen molar-refractivity contribution in [2.75, 3.05) is 7.11 Å². The third-order valence-corrected chi connectivity index (χ3v) is 2.65. The van der Waals surface area contributed by atoms with E-state index in [1.54, 1.807) is 32.2 Å². The van der Waals surface area contributed by atoms with Crippen LogP contribution in [0.2, 0.25) is 0 Å². The summed E-state index contributed by atoms with van der Waals surface area (Å²) in [5.74, 6) is -0.245. The highest BCUT2D eigenvalue weighted by molar-refractivity contribution is 6.07. The molecule has 1 aromatic carbocycles. The molecule has 6 heteroatoms. The van der Waals surface area contributed by atoms with E-state index in [1.165, 1.54) is 6.07 Å². The van der Waals surface area contributed by atoms with Crippen LogP contribution in [0.4, 0.5) is 5.88 Å². The molecular formula is C13H11NO5. The van der Waals surface area contributed by atoms with Gasteiger partial charge in [0, 0.05) is 5.56 Å². The third-order valence-electron chi connectivity index (χ3n) is 2.65. The van der Waals surface area contributed by atoms with E-state index in [9.17, 15) is 14.9 Å². The molecule has 0 saturated heterocycles. The highest BCUT2D eigenvalue weighted by atomic mass is 16.6. The first-order valence-electron chi connectivity index (χ1n) is 5.46. The first-order valence-corrected chi connectivity index (χ1v) is 5.46. The van der Waals surface area contributed by atoms with Crippen molar-refractivity contribution in [3.63, 3.8) is 0 Å². The molecule has 0 amide bonds. The standard InChI is InChI=1S/C13H11NO5/c1-8-7-9(3-4-10(8)18-2)13(15)11-5-6-12(19-11)14(16)17/h3-7H,1-2H3. The van der Waals surface area contributed by atoms with E-state index in [2.05, 4.69) is 0 Å². The Morgan fingerprint density at radius 1 is 1.32 bits per heavy atom. The molecule has 1 aromatic heterocycles. The number of ether oxygens (including phenoxy) is 1. The number of carbonyl (C=O) groups is 1. The van der Waals surface area contributed by atoms with Crippen molar-refractivity contribution in [3.05, 3.63) is 57.3 Å². The summed E-state index contributed by atoms with van der Waals surface area (Å²) in [6, 6.07) is 7.35. The Labute approximate surface area is 108 Å². The summed E-state index contributed by atoms with van der Waals surface area (Å²) in [7, 11) is 1.54. The second-order valence-electron chi connectivity index (χ2n) is 3.91. The molecule has 0 aliphatic rings. The quantitative estimate of drug-likeness (QED) is 0.480. The molecule has 2 rings (SSSR count). The molecule has 0 unspecified atom stereocenters. The predicted octanol–water partition coefficient (Wildman–Crippen LogP) is 2.74. The van der Waals surface area contributed by atoms with Crippen LogP contribution in [0, 0.1) is 17.0 Å². The van der Waals surface area contributed by atoms with E-state index in [1.807, 2.05) is 0 Å². The van der Waals surface area contributed by atoms with E-state index in [0.717, 1.165) is 11.6 Å². The maximum absolute atomic E-state index is 12.1. The van der Waals surface area contributed by atoms with Gasteiger partial charge in [-0.15, -0.1) is 0 Å². The minimum Gasteiger partial charge on any atom is -0.496 e. The van der Waals surface area contributed by atoms with Crippen LogP contribution in [0.3, 0.4) is 0 Å². The maximum Gasteiger partial charge on any atom is 0.433 e. The summed E-state index contributed by atoms with van der Waals surface area (Å²) in [6.45, 7) is 1.81. The van der Waals surface area contributed by atoms with Gasteiger partial charge in [-0.3, -0.25) is 14.9 Å². The Hall–Kier alpha value is -2.63. The van der Waals surface area contributed by atoms with Crippen LogP contribution in [0.1, 0.15) is 21.7 Å². The fourth-order valence-electron chi connectivity index (χ4n) is 1.71. The largest absolute Gasteiger partial charge is 0.496 e. The van der Waals surface area contributed by atoms with Gasteiger partial charge >= 0.3 is 5.88 Å². The number of nitrogens with zero attached hydrogens (tertiary/aromatic N) is 1. The Kier molecular flexibility index (Phi) is 3.33. The number of rotatable bonds is 4. The topological polar surface area (TPSA) is 82.6 Å². The number of ketones is 1. The van der Waals surface area contributed by atoms with Gasteiger partial charge in [-0.1, -0.05) is 0 Å². The Morgan fingerprint density at radius 2 is 2.05 bits per heavy atom. The van der Waals surface area contributed by atoms with Crippen molar-refractivity contribution >= 4 is 11.7 Å². The van der Waals surface area contributed by atoms with Crippen LogP contribution in [-0.2, 0) is 0 Å². The summed E-state index contributed by atoms with van der Waals surface area (Å²) in [4.78, 5) is 21.9. The van der Waals surface area contributed by atoms with Crippen LogP contribution in [0.25, 0.3) is 0 Å². The second-order valence-corrected chi connectivity index (χ2v) is 3.91. The maximum atomic E-state index is 12.1. The lowest BCUT2D eigenvalue weighted by molar-refractivity contribution is -0.402. The number of benzene rings is 1. The van der Waals surface area contributed by atoms with E-state index in [4.69, 9.17) is 9.15 Å². The van der Waals surface area contributed by atoms with E-state index in [-0.39, 0.29) is 5.76 Å². The fraction of sp³-hybridized carbons (Fsp3) is 0.154. The highest BCUT2D eigenvalue weighted by Crippen LogP contribution is 2.22. The van der Waals surface area contributed by atoms with Crippen LogP contribution in [0.15, 0.2) is 34.7 Å². The highest BCUT2D eigenvalue weighted by Gasteiger charge is 2.19. The number of carbonyl (C=O) groups excluding carboxylic acids is 1. The molecule has 6 nitrogen and oxygen atoms in total. The van der Waals surface area contributed by atoms with Gasteiger partial charge in [-0.25, -0.2) is 0 Å². The average Bonchev–Trinajstić information content (AvgIpc) is 2.87. The third kappa shape index (κ3) is 2.47. The van der Waals surface area contributed by atoms with Gasteiger partial charge in [-0.05, 0) is 36.8 Å². The molecule has 0 spiro atoms. The zero-order valence-electron chi connectivity index (χ0n) is 10.4. The van der Waals surface area contributed by atoms with E-state index >= 15 is 0 Å². The molecule has 0 aliphatic carbocycles. The lowest BCUT2D eigenvalue weighted by Gasteiger charge is -2.05.